The lowest BCUT2D eigenvalue weighted by molar-refractivity contribution is -0.128. The summed E-state index contributed by atoms with van der Waals surface area (Å²) in [6.45, 7) is 7.54. The van der Waals surface area contributed by atoms with Crippen molar-refractivity contribution in [3.8, 4) is 0 Å². The van der Waals surface area contributed by atoms with Crippen LogP contribution in [0.4, 0.5) is 5.69 Å². The van der Waals surface area contributed by atoms with Gasteiger partial charge in [-0.05, 0) is 43.0 Å². The smallest absolute Gasteiger partial charge is 0.229 e. The molecule has 2 amide bonds. The second kappa shape index (κ2) is 7.27. The van der Waals surface area contributed by atoms with Gasteiger partial charge in [-0.25, -0.2) is 0 Å². The highest BCUT2D eigenvalue weighted by atomic mass is 79.9. The number of carbonyl (C=O) groups excluding carboxylic acids is 2. The predicted molar refractivity (Wildman–Crippen MR) is 91.7 cm³/mol. The SMILES string of the molecule is Cc1cc(NC(=O)C2CC(=O)N(CCC(C)C)C2)ccc1Br. The zero-order valence-electron chi connectivity index (χ0n) is 13.4. The van der Waals surface area contributed by atoms with Crippen molar-refractivity contribution in [3.05, 3.63) is 28.2 Å². The number of nitrogens with zero attached hydrogens (tertiary/aromatic N) is 1. The number of carbonyl (C=O) groups is 2. The fourth-order valence-electron chi connectivity index (χ4n) is 2.54. The van der Waals surface area contributed by atoms with Gasteiger partial charge in [0.2, 0.25) is 11.8 Å². The van der Waals surface area contributed by atoms with Crippen LogP contribution >= 0.6 is 15.9 Å². The van der Waals surface area contributed by atoms with Crippen LogP contribution in [-0.4, -0.2) is 29.8 Å². The van der Waals surface area contributed by atoms with Crippen LogP contribution in [-0.2, 0) is 9.59 Å². The number of nitrogens with one attached hydrogen (secondary N) is 1. The molecule has 0 aromatic heterocycles. The van der Waals surface area contributed by atoms with E-state index >= 15 is 0 Å². The maximum Gasteiger partial charge on any atom is 0.229 e. The first kappa shape index (κ1) is 17.0. The van der Waals surface area contributed by atoms with E-state index in [2.05, 4.69) is 35.1 Å². The van der Waals surface area contributed by atoms with Crippen molar-refractivity contribution in [1.29, 1.82) is 0 Å². The molecule has 5 heteroatoms. The Kier molecular flexibility index (Phi) is 5.62. The Labute approximate surface area is 140 Å². The van der Waals surface area contributed by atoms with Gasteiger partial charge in [-0.1, -0.05) is 29.8 Å². The van der Waals surface area contributed by atoms with E-state index in [4.69, 9.17) is 0 Å². The first-order valence-corrected chi connectivity index (χ1v) is 8.51. The van der Waals surface area contributed by atoms with Crippen molar-refractivity contribution in [1.82, 2.24) is 4.90 Å². The Morgan fingerprint density at radius 3 is 2.82 bits per heavy atom. The third-order valence-electron chi connectivity index (χ3n) is 3.99. The van der Waals surface area contributed by atoms with Crippen molar-refractivity contribution >= 4 is 33.4 Å². The standard InChI is InChI=1S/C17H23BrN2O2/c1-11(2)6-7-20-10-13(9-16(20)21)17(22)19-14-4-5-15(18)12(3)8-14/h4-5,8,11,13H,6-7,9-10H2,1-3H3,(H,19,22). The van der Waals surface area contributed by atoms with Gasteiger partial charge in [0.25, 0.3) is 0 Å². The molecule has 1 heterocycles. The van der Waals surface area contributed by atoms with E-state index in [9.17, 15) is 9.59 Å². The van der Waals surface area contributed by atoms with Gasteiger partial charge < -0.3 is 10.2 Å². The fraction of sp³-hybridized carbons (Fsp3) is 0.529. The maximum absolute atomic E-state index is 12.3. The van der Waals surface area contributed by atoms with Crippen LogP contribution in [0.3, 0.4) is 0 Å². The van der Waals surface area contributed by atoms with Crippen molar-refractivity contribution in [3.63, 3.8) is 0 Å². The maximum atomic E-state index is 12.3. The zero-order valence-corrected chi connectivity index (χ0v) is 14.9. The number of aryl methyl sites for hydroxylation is 1. The summed E-state index contributed by atoms with van der Waals surface area (Å²) in [5, 5.41) is 2.92. The first-order valence-electron chi connectivity index (χ1n) is 7.71. The molecular weight excluding hydrogens is 344 g/mol. The summed E-state index contributed by atoms with van der Waals surface area (Å²) in [7, 11) is 0. The van der Waals surface area contributed by atoms with Crippen molar-refractivity contribution < 1.29 is 9.59 Å². The molecule has 4 nitrogen and oxygen atoms in total. The van der Waals surface area contributed by atoms with Crippen LogP contribution in [0.2, 0.25) is 0 Å². The Balaban J connectivity index is 1.93. The normalized spacial score (nSPS) is 18.1. The summed E-state index contributed by atoms with van der Waals surface area (Å²) in [5.74, 6) is 0.338. The van der Waals surface area contributed by atoms with E-state index in [-0.39, 0.29) is 17.7 Å². The molecule has 1 aliphatic heterocycles. The Morgan fingerprint density at radius 2 is 2.18 bits per heavy atom. The molecule has 120 valence electrons. The second-order valence-electron chi connectivity index (χ2n) is 6.38. The molecule has 1 aromatic carbocycles. The molecule has 0 saturated carbocycles. The zero-order chi connectivity index (χ0) is 16.3. The summed E-state index contributed by atoms with van der Waals surface area (Å²) < 4.78 is 1.02. The van der Waals surface area contributed by atoms with E-state index in [1.165, 1.54) is 0 Å². The molecule has 0 spiro atoms. The van der Waals surface area contributed by atoms with E-state index < -0.39 is 0 Å². The number of anilines is 1. The highest BCUT2D eigenvalue weighted by Crippen LogP contribution is 2.23. The molecule has 1 unspecified atom stereocenters. The lowest BCUT2D eigenvalue weighted by Gasteiger charge is -2.17. The van der Waals surface area contributed by atoms with Gasteiger partial charge in [-0.2, -0.15) is 0 Å². The van der Waals surface area contributed by atoms with Gasteiger partial charge in [0, 0.05) is 29.7 Å². The number of rotatable bonds is 5. The third-order valence-corrected chi connectivity index (χ3v) is 4.88. The number of amides is 2. The van der Waals surface area contributed by atoms with E-state index in [0.717, 1.165) is 28.7 Å². The minimum atomic E-state index is -0.247. The average molecular weight is 367 g/mol. The van der Waals surface area contributed by atoms with Crippen LogP contribution in [0.15, 0.2) is 22.7 Å². The molecule has 0 bridgehead atoms. The monoisotopic (exact) mass is 366 g/mol. The Hall–Kier alpha value is -1.36. The molecule has 0 aliphatic carbocycles. The van der Waals surface area contributed by atoms with E-state index in [0.29, 0.717) is 18.9 Å². The molecule has 1 fully saturated rings. The van der Waals surface area contributed by atoms with Gasteiger partial charge in [-0.3, -0.25) is 9.59 Å². The Bertz CT molecular complexity index is 572. The molecule has 22 heavy (non-hydrogen) atoms. The molecular formula is C17H23BrN2O2. The number of hydrogen-bond acceptors (Lipinski definition) is 2. The second-order valence-corrected chi connectivity index (χ2v) is 7.23. The summed E-state index contributed by atoms with van der Waals surface area (Å²) in [5.41, 5.74) is 1.85. The van der Waals surface area contributed by atoms with Crippen molar-refractivity contribution in [2.24, 2.45) is 11.8 Å². The van der Waals surface area contributed by atoms with Crippen LogP contribution in [0.1, 0.15) is 32.3 Å². The molecule has 2 rings (SSSR count). The summed E-state index contributed by atoms with van der Waals surface area (Å²) in [4.78, 5) is 26.1. The quantitative estimate of drug-likeness (QED) is 0.865. The molecule has 1 N–H and O–H groups in total. The first-order chi connectivity index (χ1) is 10.4. The van der Waals surface area contributed by atoms with Gasteiger partial charge in [-0.15, -0.1) is 0 Å². The van der Waals surface area contributed by atoms with Crippen LogP contribution < -0.4 is 5.32 Å². The largest absolute Gasteiger partial charge is 0.342 e. The lowest BCUT2D eigenvalue weighted by atomic mass is 10.1. The van der Waals surface area contributed by atoms with Crippen LogP contribution in [0, 0.1) is 18.8 Å². The van der Waals surface area contributed by atoms with Gasteiger partial charge in [0.05, 0.1) is 5.92 Å². The van der Waals surface area contributed by atoms with Crippen LogP contribution in [0.5, 0.6) is 0 Å². The van der Waals surface area contributed by atoms with Gasteiger partial charge in [0.1, 0.15) is 0 Å². The van der Waals surface area contributed by atoms with E-state index in [1.54, 1.807) is 0 Å². The third kappa shape index (κ3) is 4.32. The molecule has 1 atom stereocenters. The summed E-state index contributed by atoms with van der Waals surface area (Å²) in [6.07, 6.45) is 1.30. The summed E-state index contributed by atoms with van der Waals surface area (Å²) >= 11 is 3.44. The number of halogens is 1. The fourth-order valence-corrected chi connectivity index (χ4v) is 2.79. The molecule has 1 aliphatic rings. The molecule has 1 aromatic rings. The lowest BCUT2D eigenvalue weighted by Crippen LogP contribution is -2.29. The number of likely N-dealkylation sites (tertiary alicyclic amines) is 1. The number of benzene rings is 1. The van der Waals surface area contributed by atoms with E-state index in [1.807, 2.05) is 30.0 Å². The van der Waals surface area contributed by atoms with Crippen LogP contribution in [0.25, 0.3) is 0 Å². The molecule has 1 saturated heterocycles. The predicted octanol–water partition coefficient (Wildman–Crippen LogP) is 3.59. The average Bonchev–Trinajstić information content (AvgIpc) is 2.82. The molecule has 0 radical (unpaired) electrons. The topological polar surface area (TPSA) is 49.4 Å². The van der Waals surface area contributed by atoms with Crippen molar-refractivity contribution in [2.75, 3.05) is 18.4 Å². The number of hydrogen-bond donors (Lipinski definition) is 1. The highest BCUT2D eigenvalue weighted by molar-refractivity contribution is 9.10. The highest BCUT2D eigenvalue weighted by Gasteiger charge is 2.34. The van der Waals surface area contributed by atoms with Gasteiger partial charge in [0.15, 0.2) is 0 Å². The summed E-state index contributed by atoms with van der Waals surface area (Å²) in [6, 6.07) is 5.71. The van der Waals surface area contributed by atoms with Gasteiger partial charge >= 0.3 is 0 Å². The minimum Gasteiger partial charge on any atom is -0.342 e. The Morgan fingerprint density at radius 1 is 1.45 bits per heavy atom. The minimum absolute atomic E-state index is 0.0675. The van der Waals surface area contributed by atoms with Crippen molar-refractivity contribution in [2.45, 2.75) is 33.6 Å².